The molecule has 96 valence electrons. The molecule has 18 heavy (non-hydrogen) atoms. The van der Waals surface area contributed by atoms with E-state index >= 15 is 0 Å². The van der Waals surface area contributed by atoms with Crippen LogP contribution in [0.3, 0.4) is 0 Å². The SMILES string of the molecule is O=C(Nc1ccccc1)N1CC[C@H]2OCC[C@H]2C1. The van der Waals surface area contributed by atoms with E-state index in [-0.39, 0.29) is 6.03 Å². The smallest absolute Gasteiger partial charge is 0.321 e. The van der Waals surface area contributed by atoms with Crippen LogP contribution in [0, 0.1) is 5.92 Å². The van der Waals surface area contributed by atoms with Gasteiger partial charge in [-0.25, -0.2) is 4.79 Å². The first-order valence-corrected chi connectivity index (χ1v) is 6.55. The molecule has 2 fully saturated rings. The minimum absolute atomic E-state index is 0.00606. The lowest BCUT2D eigenvalue weighted by molar-refractivity contribution is 0.0469. The number of rotatable bonds is 1. The maximum Gasteiger partial charge on any atom is 0.321 e. The fourth-order valence-corrected chi connectivity index (χ4v) is 2.79. The van der Waals surface area contributed by atoms with E-state index in [9.17, 15) is 4.79 Å². The van der Waals surface area contributed by atoms with Crippen LogP contribution in [0.4, 0.5) is 10.5 Å². The van der Waals surface area contributed by atoms with E-state index in [0.717, 1.165) is 38.2 Å². The molecule has 4 nitrogen and oxygen atoms in total. The van der Waals surface area contributed by atoms with Gasteiger partial charge in [-0.3, -0.25) is 0 Å². The second kappa shape index (κ2) is 4.98. The Morgan fingerprint density at radius 2 is 2.11 bits per heavy atom. The third kappa shape index (κ3) is 2.34. The van der Waals surface area contributed by atoms with Crippen LogP contribution in [0.15, 0.2) is 30.3 Å². The highest BCUT2D eigenvalue weighted by molar-refractivity contribution is 5.89. The summed E-state index contributed by atoms with van der Waals surface area (Å²) in [6.45, 7) is 2.46. The van der Waals surface area contributed by atoms with Crippen molar-refractivity contribution in [1.82, 2.24) is 4.90 Å². The van der Waals surface area contributed by atoms with Gasteiger partial charge in [-0.15, -0.1) is 0 Å². The summed E-state index contributed by atoms with van der Waals surface area (Å²) in [5, 5.41) is 2.94. The van der Waals surface area contributed by atoms with E-state index in [4.69, 9.17) is 4.74 Å². The Bertz CT molecular complexity index is 421. The number of hydrogen-bond donors (Lipinski definition) is 1. The zero-order valence-corrected chi connectivity index (χ0v) is 10.3. The molecule has 0 unspecified atom stereocenters. The van der Waals surface area contributed by atoms with E-state index in [1.165, 1.54) is 0 Å². The van der Waals surface area contributed by atoms with Crippen molar-refractivity contribution in [3.63, 3.8) is 0 Å². The highest BCUT2D eigenvalue weighted by atomic mass is 16.5. The molecule has 3 rings (SSSR count). The van der Waals surface area contributed by atoms with Crippen LogP contribution in [0.1, 0.15) is 12.8 Å². The van der Waals surface area contributed by atoms with E-state index in [1.807, 2.05) is 35.2 Å². The molecule has 0 aromatic heterocycles. The van der Waals surface area contributed by atoms with Crippen molar-refractivity contribution in [2.45, 2.75) is 18.9 Å². The van der Waals surface area contributed by atoms with Gasteiger partial charge in [0.05, 0.1) is 6.10 Å². The fourth-order valence-electron chi connectivity index (χ4n) is 2.79. The van der Waals surface area contributed by atoms with Gasteiger partial charge in [0.2, 0.25) is 0 Å². The molecule has 2 amide bonds. The minimum atomic E-state index is 0.00606. The van der Waals surface area contributed by atoms with Gasteiger partial charge in [0.1, 0.15) is 0 Å². The second-order valence-corrected chi connectivity index (χ2v) is 4.99. The number of hydrogen-bond acceptors (Lipinski definition) is 2. The normalized spacial score (nSPS) is 26.8. The Labute approximate surface area is 107 Å². The number of ether oxygens (including phenoxy) is 1. The first kappa shape index (κ1) is 11.5. The number of nitrogens with zero attached hydrogens (tertiary/aromatic N) is 1. The molecule has 1 N–H and O–H groups in total. The number of nitrogens with one attached hydrogen (secondary N) is 1. The van der Waals surface area contributed by atoms with Crippen LogP contribution in [0.2, 0.25) is 0 Å². The number of amides is 2. The van der Waals surface area contributed by atoms with Gasteiger partial charge >= 0.3 is 6.03 Å². The maximum absolute atomic E-state index is 12.1. The summed E-state index contributed by atoms with van der Waals surface area (Å²) >= 11 is 0. The predicted octanol–water partition coefficient (Wildman–Crippen LogP) is 2.33. The summed E-state index contributed by atoms with van der Waals surface area (Å²) in [6.07, 6.45) is 2.43. The van der Waals surface area contributed by atoms with Crippen LogP contribution in [0.5, 0.6) is 0 Å². The van der Waals surface area contributed by atoms with Crippen molar-refractivity contribution in [2.75, 3.05) is 25.0 Å². The molecule has 4 heteroatoms. The third-order valence-electron chi connectivity index (χ3n) is 3.80. The van der Waals surface area contributed by atoms with Gasteiger partial charge in [-0.1, -0.05) is 18.2 Å². The van der Waals surface area contributed by atoms with Gasteiger partial charge in [0.25, 0.3) is 0 Å². The van der Waals surface area contributed by atoms with Crippen molar-refractivity contribution in [2.24, 2.45) is 5.92 Å². The van der Waals surface area contributed by atoms with Crippen LogP contribution in [-0.4, -0.2) is 36.7 Å². The molecule has 0 radical (unpaired) electrons. The molecule has 2 aliphatic rings. The third-order valence-corrected chi connectivity index (χ3v) is 3.80. The van der Waals surface area contributed by atoms with Gasteiger partial charge in [0.15, 0.2) is 0 Å². The van der Waals surface area contributed by atoms with Crippen LogP contribution >= 0.6 is 0 Å². The van der Waals surface area contributed by atoms with Crippen molar-refractivity contribution in [3.05, 3.63) is 30.3 Å². The van der Waals surface area contributed by atoms with E-state index in [0.29, 0.717) is 12.0 Å². The van der Waals surface area contributed by atoms with Crippen molar-refractivity contribution < 1.29 is 9.53 Å². The Morgan fingerprint density at radius 1 is 1.28 bits per heavy atom. The van der Waals surface area contributed by atoms with Crippen LogP contribution in [-0.2, 0) is 4.74 Å². The molecular weight excluding hydrogens is 228 g/mol. The number of carbonyl (C=O) groups is 1. The molecule has 0 spiro atoms. The Morgan fingerprint density at radius 3 is 2.94 bits per heavy atom. The number of benzene rings is 1. The van der Waals surface area contributed by atoms with E-state index in [2.05, 4.69) is 5.32 Å². The lowest BCUT2D eigenvalue weighted by Crippen LogP contribution is -2.46. The van der Waals surface area contributed by atoms with Crippen molar-refractivity contribution in [1.29, 1.82) is 0 Å². The number of fused-ring (bicyclic) bond motifs is 1. The van der Waals surface area contributed by atoms with Crippen molar-refractivity contribution in [3.8, 4) is 0 Å². The number of anilines is 1. The lowest BCUT2D eigenvalue weighted by atomic mass is 9.94. The molecule has 2 aliphatic heterocycles. The molecule has 1 aromatic rings. The van der Waals surface area contributed by atoms with Gasteiger partial charge in [-0.2, -0.15) is 0 Å². The summed E-state index contributed by atoms with van der Waals surface area (Å²) < 4.78 is 5.64. The largest absolute Gasteiger partial charge is 0.378 e. The van der Waals surface area contributed by atoms with E-state index < -0.39 is 0 Å². The summed E-state index contributed by atoms with van der Waals surface area (Å²) in [5.74, 6) is 0.528. The quantitative estimate of drug-likeness (QED) is 0.826. The molecule has 2 atom stereocenters. The number of urea groups is 1. The summed E-state index contributed by atoms with van der Waals surface area (Å²) in [5.41, 5.74) is 0.854. The first-order chi connectivity index (χ1) is 8.83. The monoisotopic (exact) mass is 246 g/mol. The molecule has 2 heterocycles. The zero-order valence-electron chi connectivity index (χ0n) is 10.3. The highest BCUT2D eigenvalue weighted by Crippen LogP contribution is 2.28. The zero-order chi connectivity index (χ0) is 12.4. The minimum Gasteiger partial charge on any atom is -0.378 e. The highest BCUT2D eigenvalue weighted by Gasteiger charge is 2.35. The second-order valence-electron chi connectivity index (χ2n) is 4.99. The Kier molecular flexibility index (Phi) is 3.19. The predicted molar refractivity (Wildman–Crippen MR) is 69.5 cm³/mol. The standard InChI is InChI=1S/C14H18N2O2/c17-14(15-12-4-2-1-3-5-12)16-8-6-13-11(10-16)7-9-18-13/h1-5,11,13H,6-10H2,(H,15,17)/t11-,13+/m0/s1. The molecule has 0 bridgehead atoms. The number of piperidine rings is 1. The molecule has 2 saturated heterocycles. The average molecular weight is 246 g/mol. The van der Waals surface area contributed by atoms with Gasteiger partial charge in [-0.05, 0) is 25.0 Å². The summed E-state index contributed by atoms with van der Waals surface area (Å²) in [7, 11) is 0. The Balaban J connectivity index is 1.60. The Hall–Kier alpha value is -1.55. The maximum atomic E-state index is 12.1. The summed E-state index contributed by atoms with van der Waals surface area (Å²) in [6, 6.07) is 9.61. The molecule has 0 aliphatic carbocycles. The van der Waals surface area contributed by atoms with Gasteiger partial charge < -0.3 is 15.0 Å². The average Bonchev–Trinajstić information content (AvgIpc) is 2.87. The first-order valence-electron chi connectivity index (χ1n) is 6.55. The number of likely N-dealkylation sites (tertiary alicyclic amines) is 1. The molecule has 1 aromatic carbocycles. The fraction of sp³-hybridized carbons (Fsp3) is 0.500. The number of carbonyl (C=O) groups excluding carboxylic acids is 1. The number of para-hydroxylation sites is 1. The topological polar surface area (TPSA) is 41.6 Å². The summed E-state index contributed by atoms with van der Waals surface area (Å²) in [4.78, 5) is 14.0. The molecule has 0 saturated carbocycles. The van der Waals surface area contributed by atoms with Crippen molar-refractivity contribution >= 4 is 11.7 Å². The molecular formula is C14H18N2O2. The van der Waals surface area contributed by atoms with Crippen LogP contribution < -0.4 is 5.32 Å². The van der Waals surface area contributed by atoms with Gasteiger partial charge in [0, 0.05) is 31.3 Å². The van der Waals surface area contributed by atoms with E-state index in [1.54, 1.807) is 0 Å². The lowest BCUT2D eigenvalue weighted by Gasteiger charge is -2.34. The van der Waals surface area contributed by atoms with Crippen LogP contribution in [0.25, 0.3) is 0 Å².